The minimum absolute atomic E-state index is 0.167. The third-order valence-electron chi connectivity index (χ3n) is 4.16. The molecule has 28 heavy (non-hydrogen) atoms. The first-order valence-electron chi connectivity index (χ1n) is 8.36. The van der Waals surface area contributed by atoms with E-state index in [1.807, 2.05) is 12.1 Å². The Morgan fingerprint density at radius 3 is 2.14 bits per heavy atom. The highest BCUT2D eigenvalue weighted by atomic mass is 35.5. The summed E-state index contributed by atoms with van der Waals surface area (Å²) in [4.78, 5) is 0.167. The molecule has 3 rings (SSSR count). The first kappa shape index (κ1) is 19.7. The van der Waals surface area contributed by atoms with Crippen LogP contribution in [-0.2, 0) is 16.6 Å². The Labute approximate surface area is 169 Å². The molecule has 0 atom stereocenters. The molecule has 0 saturated heterocycles. The Bertz CT molecular complexity index is 1090. The third kappa shape index (κ3) is 4.45. The SMILES string of the molecule is CN(c1ccc(OCc2ccc(C#N)cc2)cc1)S(=O)(=O)c1ccc(Cl)cc1. The lowest BCUT2D eigenvalue weighted by Gasteiger charge is -2.20. The van der Waals surface area contributed by atoms with Gasteiger partial charge < -0.3 is 4.74 Å². The van der Waals surface area contributed by atoms with Crippen molar-refractivity contribution in [2.45, 2.75) is 11.5 Å². The maximum Gasteiger partial charge on any atom is 0.264 e. The van der Waals surface area contributed by atoms with Gasteiger partial charge in [0.25, 0.3) is 10.0 Å². The molecule has 0 aromatic heterocycles. The van der Waals surface area contributed by atoms with Crippen molar-refractivity contribution in [1.29, 1.82) is 5.26 Å². The number of benzene rings is 3. The monoisotopic (exact) mass is 412 g/mol. The predicted octanol–water partition coefficient (Wildman–Crippen LogP) is 4.62. The van der Waals surface area contributed by atoms with E-state index in [0.29, 0.717) is 28.6 Å². The van der Waals surface area contributed by atoms with E-state index in [-0.39, 0.29) is 4.90 Å². The number of anilines is 1. The summed E-state index contributed by atoms with van der Waals surface area (Å²) in [5, 5.41) is 9.29. The largest absolute Gasteiger partial charge is 0.489 e. The van der Waals surface area contributed by atoms with Crippen molar-refractivity contribution in [3.8, 4) is 11.8 Å². The molecule has 3 aromatic rings. The lowest BCUT2D eigenvalue weighted by atomic mass is 10.2. The number of rotatable bonds is 6. The lowest BCUT2D eigenvalue weighted by Crippen LogP contribution is -2.26. The number of hydrogen-bond donors (Lipinski definition) is 0. The van der Waals surface area contributed by atoms with Crippen molar-refractivity contribution < 1.29 is 13.2 Å². The molecular weight excluding hydrogens is 396 g/mol. The van der Waals surface area contributed by atoms with Crippen LogP contribution < -0.4 is 9.04 Å². The van der Waals surface area contributed by atoms with Crippen LogP contribution in [0.4, 0.5) is 5.69 Å². The van der Waals surface area contributed by atoms with Gasteiger partial charge in [0.15, 0.2) is 0 Å². The Morgan fingerprint density at radius 2 is 1.57 bits per heavy atom. The standard InChI is InChI=1S/C21H17ClN2O3S/c1-24(28(25,26)21-12-6-18(22)7-13-21)19-8-10-20(11-9-19)27-15-17-4-2-16(14-23)3-5-17/h2-13H,15H2,1H3. The Balaban J connectivity index is 1.69. The normalized spacial score (nSPS) is 10.9. The fraction of sp³-hybridized carbons (Fsp3) is 0.0952. The quantitative estimate of drug-likeness (QED) is 0.592. The molecule has 0 spiro atoms. The van der Waals surface area contributed by atoms with Crippen LogP contribution in [0.3, 0.4) is 0 Å². The summed E-state index contributed by atoms with van der Waals surface area (Å²) in [6.45, 7) is 0.351. The second-order valence-electron chi connectivity index (χ2n) is 6.02. The van der Waals surface area contributed by atoms with E-state index in [0.717, 1.165) is 5.56 Å². The van der Waals surface area contributed by atoms with Gasteiger partial charge in [-0.15, -0.1) is 0 Å². The Kier molecular flexibility index (Phi) is 5.88. The lowest BCUT2D eigenvalue weighted by molar-refractivity contribution is 0.306. The van der Waals surface area contributed by atoms with E-state index < -0.39 is 10.0 Å². The number of nitriles is 1. The van der Waals surface area contributed by atoms with Crippen LogP contribution >= 0.6 is 11.6 Å². The minimum atomic E-state index is -3.68. The van der Waals surface area contributed by atoms with Gasteiger partial charge in [-0.2, -0.15) is 5.26 Å². The van der Waals surface area contributed by atoms with E-state index in [1.54, 1.807) is 48.5 Å². The van der Waals surface area contributed by atoms with Gasteiger partial charge in [-0.3, -0.25) is 4.31 Å². The highest BCUT2D eigenvalue weighted by Gasteiger charge is 2.21. The Hall–Kier alpha value is -3.01. The summed E-state index contributed by atoms with van der Waals surface area (Å²) in [6.07, 6.45) is 0. The van der Waals surface area contributed by atoms with Gasteiger partial charge in [0.1, 0.15) is 12.4 Å². The fourth-order valence-electron chi connectivity index (χ4n) is 2.50. The molecule has 0 aliphatic carbocycles. The molecule has 0 radical (unpaired) electrons. The smallest absolute Gasteiger partial charge is 0.264 e. The molecule has 0 aliphatic rings. The zero-order chi connectivity index (χ0) is 20.1. The molecule has 3 aromatic carbocycles. The summed E-state index contributed by atoms with van der Waals surface area (Å²) in [5.41, 5.74) is 2.05. The van der Waals surface area contributed by atoms with Crippen molar-refractivity contribution in [3.05, 3.63) is 88.9 Å². The van der Waals surface area contributed by atoms with Crippen molar-refractivity contribution in [2.75, 3.05) is 11.4 Å². The maximum absolute atomic E-state index is 12.7. The molecule has 0 saturated carbocycles. The molecule has 0 amide bonds. The van der Waals surface area contributed by atoms with Crippen LogP contribution in [0.5, 0.6) is 5.75 Å². The molecule has 0 fully saturated rings. The highest BCUT2D eigenvalue weighted by Crippen LogP contribution is 2.25. The van der Waals surface area contributed by atoms with E-state index in [2.05, 4.69) is 6.07 Å². The van der Waals surface area contributed by atoms with Crippen molar-refractivity contribution in [1.82, 2.24) is 0 Å². The van der Waals surface area contributed by atoms with Crippen molar-refractivity contribution in [2.24, 2.45) is 0 Å². The van der Waals surface area contributed by atoms with E-state index in [9.17, 15) is 8.42 Å². The number of nitrogens with zero attached hydrogens (tertiary/aromatic N) is 2. The van der Waals surface area contributed by atoms with Gasteiger partial charge in [0, 0.05) is 12.1 Å². The summed E-state index contributed by atoms with van der Waals surface area (Å²) in [6, 6.07) is 22.0. The summed E-state index contributed by atoms with van der Waals surface area (Å²) >= 11 is 5.83. The van der Waals surface area contributed by atoms with Crippen LogP contribution in [-0.4, -0.2) is 15.5 Å². The molecule has 7 heteroatoms. The summed E-state index contributed by atoms with van der Waals surface area (Å²) < 4.78 is 32.4. The van der Waals surface area contributed by atoms with Gasteiger partial charge in [0.05, 0.1) is 22.2 Å². The first-order chi connectivity index (χ1) is 13.4. The second-order valence-corrected chi connectivity index (χ2v) is 8.42. The van der Waals surface area contributed by atoms with Crippen molar-refractivity contribution >= 4 is 27.3 Å². The molecular formula is C21H17ClN2O3S. The number of ether oxygens (including phenoxy) is 1. The summed E-state index contributed by atoms with van der Waals surface area (Å²) in [5.74, 6) is 0.616. The molecule has 142 valence electrons. The van der Waals surface area contributed by atoms with E-state index in [4.69, 9.17) is 21.6 Å². The molecule has 5 nitrogen and oxygen atoms in total. The zero-order valence-corrected chi connectivity index (χ0v) is 16.6. The number of sulfonamides is 1. The molecule has 0 bridgehead atoms. The zero-order valence-electron chi connectivity index (χ0n) is 15.0. The molecule has 0 heterocycles. The minimum Gasteiger partial charge on any atom is -0.489 e. The molecule has 0 N–H and O–H groups in total. The van der Waals surface area contributed by atoms with Crippen LogP contribution in [0.25, 0.3) is 0 Å². The van der Waals surface area contributed by atoms with Crippen LogP contribution in [0.2, 0.25) is 5.02 Å². The average Bonchev–Trinajstić information content (AvgIpc) is 2.73. The van der Waals surface area contributed by atoms with E-state index in [1.165, 1.54) is 23.5 Å². The highest BCUT2D eigenvalue weighted by molar-refractivity contribution is 7.92. The molecule has 0 unspecified atom stereocenters. The maximum atomic E-state index is 12.7. The van der Waals surface area contributed by atoms with Crippen molar-refractivity contribution in [3.63, 3.8) is 0 Å². The van der Waals surface area contributed by atoms with Crippen LogP contribution in [0.1, 0.15) is 11.1 Å². The van der Waals surface area contributed by atoms with Gasteiger partial charge in [-0.25, -0.2) is 8.42 Å². The van der Waals surface area contributed by atoms with Gasteiger partial charge >= 0.3 is 0 Å². The summed E-state index contributed by atoms with van der Waals surface area (Å²) in [7, 11) is -2.18. The number of halogens is 1. The third-order valence-corrected chi connectivity index (χ3v) is 6.21. The molecule has 0 aliphatic heterocycles. The average molecular weight is 413 g/mol. The fourth-order valence-corrected chi connectivity index (χ4v) is 3.82. The van der Waals surface area contributed by atoms with Crippen LogP contribution in [0.15, 0.2) is 77.7 Å². The Morgan fingerprint density at radius 1 is 0.964 bits per heavy atom. The van der Waals surface area contributed by atoms with Gasteiger partial charge in [0.2, 0.25) is 0 Å². The predicted molar refractivity (Wildman–Crippen MR) is 109 cm³/mol. The second kappa shape index (κ2) is 8.34. The first-order valence-corrected chi connectivity index (χ1v) is 10.2. The van der Waals surface area contributed by atoms with E-state index >= 15 is 0 Å². The number of hydrogen-bond acceptors (Lipinski definition) is 4. The van der Waals surface area contributed by atoms with Gasteiger partial charge in [-0.1, -0.05) is 23.7 Å². The van der Waals surface area contributed by atoms with Crippen LogP contribution in [0, 0.1) is 11.3 Å². The topological polar surface area (TPSA) is 70.4 Å². The van der Waals surface area contributed by atoms with Gasteiger partial charge in [-0.05, 0) is 66.2 Å².